The van der Waals surface area contributed by atoms with E-state index in [4.69, 9.17) is 9.47 Å². The number of hydrogen-bond donors (Lipinski definition) is 0. The minimum atomic E-state index is 0.117. The summed E-state index contributed by atoms with van der Waals surface area (Å²) in [6.07, 6.45) is 5.90. The first kappa shape index (κ1) is 19.4. The quantitative estimate of drug-likeness (QED) is 0.753. The lowest BCUT2D eigenvalue weighted by atomic mass is 9.79. The molecule has 0 aromatic heterocycles. The summed E-state index contributed by atoms with van der Waals surface area (Å²) < 4.78 is 10.8. The van der Waals surface area contributed by atoms with Crippen molar-refractivity contribution < 1.29 is 14.3 Å². The maximum atomic E-state index is 13.1. The number of fused-ring (bicyclic) bond motifs is 1. The summed E-state index contributed by atoms with van der Waals surface area (Å²) in [5.41, 5.74) is 2.38. The van der Waals surface area contributed by atoms with Crippen molar-refractivity contribution in [1.29, 1.82) is 0 Å². The van der Waals surface area contributed by atoms with Gasteiger partial charge in [-0.3, -0.25) is 4.79 Å². The summed E-state index contributed by atoms with van der Waals surface area (Å²) in [5.74, 6) is 1.52. The molecule has 2 aromatic rings. The highest BCUT2D eigenvalue weighted by atomic mass is 16.7. The van der Waals surface area contributed by atoms with Gasteiger partial charge in [-0.15, -0.1) is 0 Å². The van der Waals surface area contributed by atoms with Gasteiger partial charge < -0.3 is 19.3 Å². The molecule has 5 nitrogen and oxygen atoms in total. The third kappa shape index (κ3) is 4.04. The summed E-state index contributed by atoms with van der Waals surface area (Å²) in [4.78, 5) is 17.8. The van der Waals surface area contributed by atoms with E-state index in [-0.39, 0.29) is 18.1 Å². The lowest BCUT2D eigenvalue weighted by Crippen LogP contribution is -2.45. The van der Waals surface area contributed by atoms with Gasteiger partial charge >= 0.3 is 0 Å². The molecular formula is C25H30N2O3. The van der Waals surface area contributed by atoms with Crippen molar-refractivity contribution in [2.45, 2.75) is 32.1 Å². The molecule has 1 amide bonds. The van der Waals surface area contributed by atoms with E-state index in [0.717, 1.165) is 44.8 Å². The SMILES string of the molecule is O=C(c1ccc2c(c1)OCO2)N1CCC2(CCCN(CCCc3ccccc3)C2)C1. The zero-order valence-corrected chi connectivity index (χ0v) is 17.5. The van der Waals surface area contributed by atoms with Crippen LogP contribution in [0.4, 0.5) is 0 Å². The molecule has 3 aliphatic rings. The Morgan fingerprint density at radius 3 is 2.73 bits per heavy atom. The number of hydrogen-bond acceptors (Lipinski definition) is 4. The Morgan fingerprint density at radius 2 is 1.83 bits per heavy atom. The van der Waals surface area contributed by atoms with Crippen LogP contribution in [-0.4, -0.2) is 55.2 Å². The summed E-state index contributed by atoms with van der Waals surface area (Å²) >= 11 is 0. The third-order valence-electron chi connectivity index (χ3n) is 6.87. The van der Waals surface area contributed by atoms with Gasteiger partial charge in [-0.2, -0.15) is 0 Å². The van der Waals surface area contributed by atoms with E-state index in [1.807, 2.05) is 23.1 Å². The van der Waals surface area contributed by atoms with Gasteiger partial charge in [0, 0.05) is 30.6 Å². The van der Waals surface area contributed by atoms with Crippen LogP contribution in [0.2, 0.25) is 0 Å². The first-order valence-electron chi connectivity index (χ1n) is 11.2. The molecule has 158 valence electrons. The third-order valence-corrected chi connectivity index (χ3v) is 6.87. The summed E-state index contributed by atoms with van der Waals surface area (Å²) in [5, 5.41) is 0. The largest absolute Gasteiger partial charge is 0.454 e. The van der Waals surface area contributed by atoms with Gasteiger partial charge in [0.2, 0.25) is 6.79 Å². The van der Waals surface area contributed by atoms with E-state index in [0.29, 0.717) is 11.3 Å². The van der Waals surface area contributed by atoms with Crippen LogP contribution in [0.5, 0.6) is 11.5 Å². The van der Waals surface area contributed by atoms with Gasteiger partial charge in [-0.05, 0) is 69.0 Å². The number of amides is 1. The molecule has 2 aromatic carbocycles. The molecule has 0 N–H and O–H groups in total. The van der Waals surface area contributed by atoms with Crippen LogP contribution in [0, 0.1) is 5.41 Å². The highest BCUT2D eigenvalue weighted by Crippen LogP contribution is 2.40. The number of benzene rings is 2. The molecule has 1 unspecified atom stereocenters. The predicted octanol–water partition coefficient (Wildman–Crippen LogP) is 3.98. The maximum Gasteiger partial charge on any atom is 0.254 e. The van der Waals surface area contributed by atoms with Gasteiger partial charge in [0.05, 0.1) is 0 Å². The first-order valence-corrected chi connectivity index (χ1v) is 11.2. The number of piperidine rings is 1. The van der Waals surface area contributed by atoms with Crippen molar-refractivity contribution in [2.24, 2.45) is 5.41 Å². The number of nitrogens with zero attached hydrogens (tertiary/aromatic N) is 2. The number of ether oxygens (including phenoxy) is 2. The van der Waals surface area contributed by atoms with E-state index < -0.39 is 0 Å². The molecule has 30 heavy (non-hydrogen) atoms. The van der Waals surface area contributed by atoms with Gasteiger partial charge in [0.1, 0.15) is 0 Å². The molecule has 3 aliphatic heterocycles. The van der Waals surface area contributed by atoms with Crippen LogP contribution in [-0.2, 0) is 6.42 Å². The first-order chi connectivity index (χ1) is 14.7. The Labute approximate surface area is 178 Å². The smallest absolute Gasteiger partial charge is 0.254 e. The second-order valence-corrected chi connectivity index (χ2v) is 9.01. The Kier molecular flexibility index (Phi) is 5.38. The average molecular weight is 407 g/mol. The fraction of sp³-hybridized carbons (Fsp3) is 0.480. The van der Waals surface area contributed by atoms with Crippen LogP contribution < -0.4 is 9.47 Å². The van der Waals surface area contributed by atoms with Crippen LogP contribution in [0.1, 0.15) is 41.6 Å². The molecule has 1 spiro atoms. The standard InChI is InChI=1S/C25H30N2O3/c28-24(21-9-10-22-23(16-21)30-19-29-22)27-15-12-25(18-27)11-5-14-26(17-25)13-4-8-20-6-2-1-3-7-20/h1-3,6-7,9-10,16H,4-5,8,11-15,17-19H2. The Bertz CT molecular complexity index is 901. The molecule has 0 bridgehead atoms. The Balaban J connectivity index is 1.17. The molecule has 2 fully saturated rings. The number of carbonyl (C=O) groups is 1. The van der Waals surface area contributed by atoms with Crippen LogP contribution >= 0.6 is 0 Å². The Hall–Kier alpha value is -2.53. The minimum Gasteiger partial charge on any atom is -0.454 e. The van der Waals surface area contributed by atoms with E-state index in [9.17, 15) is 4.79 Å². The average Bonchev–Trinajstić information content (AvgIpc) is 3.41. The second-order valence-electron chi connectivity index (χ2n) is 9.01. The topological polar surface area (TPSA) is 42.0 Å². The van der Waals surface area contributed by atoms with E-state index >= 15 is 0 Å². The predicted molar refractivity (Wildman–Crippen MR) is 116 cm³/mol. The number of likely N-dealkylation sites (tertiary alicyclic amines) is 2. The molecule has 2 saturated heterocycles. The molecule has 3 heterocycles. The van der Waals surface area contributed by atoms with Gasteiger partial charge in [-0.1, -0.05) is 30.3 Å². The van der Waals surface area contributed by atoms with Crippen LogP contribution in [0.3, 0.4) is 0 Å². The van der Waals surface area contributed by atoms with Crippen molar-refractivity contribution in [1.82, 2.24) is 9.80 Å². The lowest BCUT2D eigenvalue weighted by molar-refractivity contribution is 0.0688. The van der Waals surface area contributed by atoms with Crippen molar-refractivity contribution in [3.05, 3.63) is 59.7 Å². The summed E-state index contributed by atoms with van der Waals surface area (Å²) in [6.45, 7) is 5.41. The minimum absolute atomic E-state index is 0.117. The summed E-state index contributed by atoms with van der Waals surface area (Å²) in [7, 11) is 0. The molecule has 1 atom stereocenters. The fourth-order valence-electron chi connectivity index (χ4n) is 5.31. The monoisotopic (exact) mass is 406 g/mol. The molecule has 5 heteroatoms. The number of aryl methyl sites for hydroxylation is 1. The van der Waals surface area contributed by atoms with E-state index in [1.54, 1.807) is 0 Å². The maximum absolute atomic E-state index is 13.1. The Morgan fingerprint density at radius 1 is 0.967 bits per heavy atom. The lowest BCUT2D eigenvalue weighted by Gasteiger charge is -2.40. The summed E-state index contributed by atoms with van der Waals surface area (Å²) in [6, 6.07) is 16.3. The number of rotatable bonds is 5. The molecule has 0 aliphatic carbocycles. The zero-order valence-electron chi connectivity index (χ0n) is 17.5. The second kappa shape index (κ2) is 8.31. The highest BCUT2D eigenvalue weighted by Gasteiger charge is 2.42. The molecule has 0 saturated carbocycles. The van der Waals surface area contributed by atoms with Crippen LogP contribution in [0.25, 0.3) is 0 Å². The van der Waals surface area contributed by atoms with Crippen LogP contribution in [0.15, 0.2) is 48.5 Å². The van der Waals surface area contributed by atoms with Crippen molar-refractivity contribution >= 4 is 5.91 Å². The number of carbonyl (C=O) groups excluding carboxylic acids is 1. The van der Waals surface area contributed by atoms with Crippen molar-refractivity contribution in [2.75, 3.05) is 39.5 Å². The zero-order chi connectivity index (χ0) is 20.4. The van der Waals surface area contributed by atoms with Crippen molar-refractivity contribution in [3.63, 3.8) is 0 Å². The van der Waals surface area contributed by atoms with E-state index in [2.05, 4.69) is 35.2 Å². The van der Waals surface area contributed by atoms with E-state index in [1.165, 1.54) is 31.4 Å². The fourth-order valence-corrected chi connectivity index (χ4v) is 5.31. The highest BCUT2D eigenvalue weighted by molar-refractivity contribution is 5.95. The molecule has 5 rings (SSSR count). The molecule has 0 radical (unpaired) electrons. The van der Waals surface area contributed by atoms with Gasteiger partial charge in [0.25, 0.3) is 5.91 Å². The molecular weight excluding hydrogens is 376 g/mol. The van der Waals surface area contributed by atoms with Crippen molar-refractivity contribution in [3.8, 4) is 11.5 Å². The van der Waals surface area contributed by atoms with Gasteiger partial charge in [0.15, 0.2) is 11.5 Å². The normalized spacial score (nSPS) is 23.3. The van der Waals surface area contributed by atoms with Gasteiger partial charge in [-0.25, -0.2) is 0 Å².